The van der Waals surface area contributed by atoms with Crippen LogP contribution in [0.4, 0.5) is 0 Å². The molecule has 1 heteroatoms. The molecule has 0 atom stereocenters. The van der Waals surface area contributed by atoms with Crippen molar-refractivity contribution in [3.8, 4) is 0 Å². The molecule has 0 saturated heterocycles. The molecule has 1 rings (SSSR count). The molecule has 0 nitrogen and oxygen atoms in total. The van der Waals surface area contributed by atoms with Gasteiger partial charge in [0.25, 0.3) is 0 Å². The van der Waals surface area contributed by atoms with E-state index in [1.165, 1.54) is 5.56 Å². The van der Waals surface area contributed by atoms with Crippen molar-refractivity contribution in [2.24, 2.45) is 0 Å². The number of rotatable bonds is 2. The summed E-state index contributed by atoms with van der Waals surface area (Å²) in [5, 5.41) is 0. The molecule has 0 heterocycles. The predicted octanol–water partition coefficient (Wildman–Crippen LogP) is 7.09. The van der Waals surface area contributed by atoms with E-state index in [0.717, 1.165) is 0 Å². The molecule has 0 N–H and O–H groups in total. The Balaban J connectivity index is 3.49. The number of hydrogen-bond donors (Lipinski definition) is 0. The SMILES string of the molecule is C[C](C)(C)[Ge]([CH]=Cc1ccccc1)([C](C)(C)C)[C](C)(C)C. The van der Waals surface area contributed by atoms with Gasteiger partial charge in [0.1, 0.15) is 0 Å². The Morgan fingerprint density at radius 3 is 1.38 bits per heavy atom. The summed E-state index contributed by atoms with van der Waals surface area (Å²) in [7, 11) is 0. The fraction of sp³-hybridized carbons (Fsp3) is 0.600. The summed E-state index contributed by atoms with van der Waals surface area (Å²) in [5.41, 5.74) is 1.32. The van der Waals surface area contributed by atoms with Crippen LogP contribution < -0.4 is 0 Å². The van der Waals surface area contributed by atoms with Crippen molar-refractivity contribution >= 4 is 19.3 Å². The first-order valence-corrected chi connectivity index (χ1v) is 12.4. The van der Waals surface area contributed by atoms with Gasteiger partial charge in [-0.25, -0.2) is 0 Å². The first kappa shape index (κ1) is 18.6. The van der Waals surface area contributed by atoms with Crippen molar-refractivity contribution in [2.45, 2.75) is 75.1 Å². The van der Waals surface area contributed by atoms with Crippen LogP contribution in [0.1, 0.15) is 67.9 Å². The van der Waals surface area contributed by atoms with Gasteiger partial charge in [-0.05, 0) is 0 Å². The van der Waals surface area contributed by atoms with Gasteiger partial charge < -0.3 is 0 Å². The van der Waals surface area contributed by atoms with E-state index in [2.05, 4.69) is 104 Å². The molecule has 0 saturated carbocycles. The van der Waals surface area contributed by atoms with E-state index in [0.29, 0.717) is 12.7 Å². The summed E-state index contributed by atoms with van der Waals surface area (Å²) in [5.74, 6) is 0. The third-order valence-corrected chi connectivity index (χ3v) is 21.2. The van der Waals surface area contributed by atoms with Crippen molar-refractivity contribution in [3.63, 3.8) is 0 Å². The molecular weight excluding hydrogens is 313 g/mol. The zero-order chi connectivity index (χ0) is 16.5. The fourth-order valence-electron chi connectivity index (χ4n) is 4.91. The van der Waals surface area contributed by atoms with Crippen LogP contribution in [0.3, 0.4) is 0 Å². The molecule has 0 radical (unpaired) electrons. The maximum atomic E-state index is 2.66. The van der Waals surface area contributed by atoms with E-state index < -0.39 is 13.3 Å². The van der Waals surface area contributed by atoms with Crippen LogP contribution in [-0.4, -0.2) is 13.3 Å². The Bertz CT molecular complexity index is 439. The molecule has 0 aliphatic carbocycles. The fourth-order valence-corrected chi connectivity index (χ4v) is 23.1. The molecule has 0 aromatic heterocycles. The Morgan fingerprint density at radius 2 is 1.05 bits per heavy atom. The normalized spacial score (nSPS) is 14.7. The van der Waals surface area contributed by atoms with E-state index in [-0.39, 0.29) is 0 Å². The second-order valence-corrected chi connectivity index (χ2v) is 22.8. The Hall–Kier alpha value is -0.497. The topological polar surface area (TPSA) is 0 Å². The molecule has 0 amide bonds. The van der Waals surface area contributed by atoms with Crippen molar-refractivity contribution < 1.29 is 0 Å². The summed E-state index contributed by atoms with van der Waals surface area (Å²) < 4.78 is 1.09. The summed E-state index contributed by atoms with van der Waals surface area (Å²) in [4.78, 5) is 2.66. The molecule has 1 aromatic carbocycles. The van der Waals surface area contributed by atoms with Gasteiger partial charge in [0.15, 0.2) is 0 Å². The van der Waals surface area contributed by atoms with E-state index >= 15 is 0 Å². The molecule has 0 aliphatic rings. The van der Waals surface area contributed by atoms with Crippen LogP contribution in [0.25, 0.3) is 6.08 Å². The van der Waals surface area contributed by atoms with Gasteiger partial charge in [0.05, 0.1) is 0 Å². The number of benzene rings is 1. The third kappa shape index (κ3) is 3.64. The summed E-state index contributed by atoms with van der Waals surface area (Å²) >= 11 is -2.41. The van der Waals surface area contributed by atoms with Crippen molar-refractivity contribution in [1.82, 2.24) is 0 Å². The zero-order valence-corrected chi connectivity index (χ0v) is 17.6. The van der Waals surface area contributed by atoms with Crippen molar-refractivity contribution in [3.05, 3.63) is 40.8 Å². The maximum absolute atomic E-state index is 2.66. The molecule has 0 fully saturated rings. The molecule has 0 bridgehead atoms. The molecule has 0 unspecified atom stereocenters. The van der Waals surface area contributed by atoms with Crippen molar-refractivity contribution in [1.29, 1.82) is 0 Å². The van der Waals surface area contributed by atoms with E-state index in [9.17, 15) is 0 Å². The quantitative estimate of drug-likeness (QED) is 0.501. The van der Waals surface area contributed by atoms with E-state index in [1.54, 1.807) is 0 Å². The predicted molar refractivity (Wildman–Crippen MR) is 100 cm³/mol. The third-order valence-electron chi connectivity index (χ3n) is 4.87. The van der Waals surface area contributed by atoms with Crippen LogP contribution in [-0.2, 0) is 0 Å². The van der Waals surface area contributed by atoms with Crippen LogP contribution in [0.15, 0.2) is 35.2 Å². The molecule has 1 aromatic rings. The minimum absolute atomic E-state index is 0.363. The van der Waals surface area contributed by atoms with Gasteiger partial charge in [-0.15, -0.1) is 0 Å². The van der Waals surface area contributed by atoms with Crippen LogP contribution in [0, 0.1) is 0 Å². The monoisotopic (exact) mass is 348 g/mol. The molecule has 0 aliphatic heterocycles. The molecule has 21 heavy (non-hydrogen) atoms. The molecule has 0 spiro atoms. The zero-order valence-electron chi connectivity index (χ0n) is 15.5. The van der Waals surface area contributed by atoms with Gasteiger partial charge in [-0.2, -0.15) is 0 Å². The van der Waals surface area contributed by atoms with E-state index in [1.807, 2.05) is 0 Å². The van der Waals surface area contributed by atoms with Crippen LogP contribution in [0.2, 0.25) is 12.7 Å². The number of hydrogen-bond acceptors (Lipinski definition) is 0. The van der Waals surface area contributed by atoms with Gasteiger partial charge >= 0.3 is 135 Å². The average Bonchev–Trinajstić information content (AvgIpc) is 2.25. The van der Waals surface area contributed by atoms with Gasteiger partial charge in [0.2, 0.25) is 0 Å². The van der Waals surface area contributed by atoms with Crippen LogP contribution >= 0.6 is 0 Å². The standard InChI is InChI=1S/C20H34Ge/c1-18(2,3)21(19(4,5)6,20(7,8)9)16-15-17-13-11-10-12-14-17/h10-16H,1-9H3. The second-order valence-electron chi connectivity index (χ2n) is 9.30. The molecule has 118 valence electrons. The van der Waals surface area contributed by atoms with E-state index in [4.69, 9.17) is 0 Å². The Labute approximate surface area is 135 Å². The summed E-state index contributed by atoms with van der Waals surface area (Å²) in [6, 6.07) is 10.7. The minimum atomic E-state index is -2.41. The Kier molecular flexibility index (Phi) is 5.26. The second kappa shape index (κ2) is 5.95. The van der Waals surface area contributed by atoms with Gasteiger partial charge in [-0.1, -0.05) is 0 Å². The summed E-state index contributed by atoms with van der Waals surface area (Å²) in [6.45, 7) is 22.1. The van der Waals surface area contributed by atoms with Gasteiger partial charge in [0, 0.05) is 0 Å². The van der Waals surface area contributed by atoms with Gasteiger partial charge in [-0.3, -0.25) is 0 Å². The first-order chi connectivity index (χ1) is 9.33. The van der Waals surface area contributed by atoms with Crippen LogP contribution in [0.5, 0.6) is 0 Å². The molecular formula is C20H34Ge. The summed E-state index contributed by atoms with van der Waals surface area (Å²) in [6.07, 6.45) is 2.39. The Morgan fingerprint density at radius 1 is 0.667 bits per heavy atom. The van der Waals surface area contributed by atoms with Crippen molar-refractivity contribution in [2.75, 3.05) is 0 Å². The average molecular weight is 347 g/mol. The first-order valence-electron chi connectivity index (χ1n) is 8.07.